The Bertz CT molecular complexity index is 945. The number of para-hydroxylation sites is 1. The van der Waals surface area contributed by atoms with Gasteiger partial charge < -0.3 is 4.90 Å². The average molecular weight is 396 g/mol. The predicted molar refractivity (Wildman–Crippen MR) is 113 cm³/mol. The van der Waals surface area contributed by atoms with Crippen LogP contribution in [0.2, 0.25) is 5.15 Å². The number of piperidine rings is 1. The van der Waals surface area contributed by atoms with Gasteiger partial charge in [0.05, 0.1) is 23.2 Å². The van der Waals surface area contributed by atoms with Gasteiger partial charge in [0.25, 0.3) is 0 Å². The molecule has 2 aromatic heterocycles. The Kier molecular flexibility index (Phi) is 5.53. The smallest absolute Gasteiger partial charge is 0.168 e. The van der Waals surface area contributed by atoms with Crippen molar-refractivity contribution in [2.75, 3.05) is 23.4 Å². The zero-order chi connectivity index (χ0) is 19.3. The second-order valence-electron chi connectivity index (χ2n) is 6.73. The minimum atomic E-state index is 0.349. The molecule has 0 saturated carbocycles. The number of anilines is 2. The third-order valence-electron chi connectivity index (χ3n) is 4.74. The van der Waals surface area contributed by atoms with Crippen molar-refractivity contribution in [3.63, 3.8) is 0 Å². The minimum absolute atomic E-state index is 0.349. The van der Waals surface area contributed by atoms with E-state index in [2.05, 4.69) is 37.8 Å². The van der Waals surface area contributed by atoms with E-state index >= 15 is 0 Å². The van der Waals surface area contributed by atoms with Gasteiger partial charge in [0.15, 0.2) is 11.0 Å². The third-order valence-corrected chi connectivity index (χ3v) is 4.94. The number of aromatic nitrogens is 4. The largest absolute Gasteiger partial charge is 0.356 e. The summed E-state index contributed by atoms with van der Waals surface area (Å²) in [6.45, 7) is 4.06. The third kappa shape index (κ3) is 3.99. The van der Waals surface area contributed by atoms with E-state index in [1.54, 1.807) is 12.1 Å². The maximum atomic E-state index is 5.77. The van der Waals surface area contributed by atoms with Crippen LogP contribution < -0.4 is 10.3 Å². The fraction of sp³-hybridized carbons (Fsp3) is 0.300. The summed E-state index contributed by atoms with van der Waals surface area (Å²) in [6, 6.07) is 13.6. The van der Waals surface area contributed by atoms with Crippen molar-refractivity contribution in [1.29, 1.82) is 0 Å². The van der Waals surface area contributed by atoms with Crippen molar-refractivity contribution in [3.8, 4) is 5.69 Å². The monoisotopic (exact) mass is 395 g/mol. The van der Waals surface area contributed by atoms with Gasteiger partial charge in [0, 0.05) is 13.1 Å². The number of aryl methyl sites for hydroxylation is 1. The first-order chi connectivity index (χ1) is 13.7. The fourth-order valence-corrected chi connectivity index (χ4v) is 3.48. The van der Waals surface area contributed by atoms with Crippen molar-refractivity contribution in [2.45, 2.75) is 26.2 Å². The summed E-state index contributed by atoms with van der Waals surface area (Å²) in [4.78, 5) is 2.40. The molecule has 4 rings (SSSR count). The highest BCUT2D eigenvalue weighted by atomic mass is 35.5. The summed E-state index contributed by atoms with van der Waals surface area (Å²) in [7, 11) is 0. The average Bonchev–Trinajstić information content (AvgIpc) is 3.07. The minimum Gasteiger partial charge on any atom is -0.356 e. The number of halogens is 1. The van der Waals surface area contributed by atoms with Gasteiger partial charge in [-0.15, -0.1) is 10.2 Å². The Labute approximate surface area is 169 Å². The maximum Gasteiger partial charge on any atom is 0.168 e. The summed E-state index contributed by atoms with van der Waals surface area (Å²) < 4.78 is 2.02. The second kappa shape index (κ2) is 8.39. The lowest BCUT2D eigenvalue weighted by Gasteiger charge is -2.29. The number of nitrogens with one attached hydrogen (secondary N) is 1. The summed E-state index contributed by atoms with van der Waals surface area (Å²) in [5.74, 6) is 1.62. The lowest BCUT2D eigenvalue weighted by atomic mass is 10.1. The summed E-state index contributed by atoms with van der Waals surface area (Å²) in [5, 5.41) is 17.3. The normalized spacial score (nSPS) is 14.6. The lowest BCUT2D eigenvalue weighted by Crippen LogP contribution is -2.32. The van der Waals surface area contributed by atoms with Crippen molar-refractivity contribution < 1.29 is 0 Å². The van der Waals surface area contributed by atoms with Crippen LogP contribution in [0.1, 0.15) is 30.5 Å². The summed E-state index contributed by atoms with van der Waals surface area (Å²) in [6.07, 6.45) is 5.46. The molecule has 1 aliphatic rings. The molecule has 0 amide bonds. The van der Waals surface area contributed by atoms with Gasteiger partial charge in [-0.05, 0) is 50.5 Å². The standard InChI is InChI=1S/C20H22ClN7/c1-15-17(14-22-24-19-11-10-18(21)23-25-19)20(27-12-6-3-7-13-27)28(26-15)16-8-4-2-5-9-16/h2,4-5,8-11,14H,3,6-7,12-13H2,1H3,(H,24,25). The molecule has 0 unspecified atom stereocenters. The zero-order valence-corrected chi connectivity index (χ0v) is 16.5. The Morgan fingerprint density at radius 2 is 1.82 bits per heavy atom. The van der Waals surface area contributed by atoms with Crippen LogP contribution in [-0.2, 0) is 0 Å². The summed E-state index contributed by atoms with van der Waals surface area (Å²) in [5.41, 5.74) is 5.88. The van der Waals surface area contributed by atoms with Crippen LogP contribution in [0.3, 0.4) is 0 Å². The van der Waals surface area contributed by atoms with Crippen LogP contribution in [0.15, 0.2) is 47.6 Å². The van der Waals surface area contributed by atoms with Gasteiger partial charge in [0.2, 0.25) is 0 Å². The molecule has 0 bridgehead atoms. The molecule has 0 spiro atoms. The molecule has 1 N–H and O–H groups in total. The van der Waals surface area contributed by atoms with Gasteiger partial charge in [-0.2, -0.15) is 10.2 Å². The lowest BCUT2D eigenvalue weighted by molar-refractivity contribution is 0.567. The Morgan fingerprint density at radius 1 is 1.04 bits per heavy atom. The quantitative estimate of drug-likeness (QED) is 0.521. The van der Waals surface area contributed by atoms with Crippen LogP contribution in [0.25, 0.3) is 5.69 Å². The SMILES string of the molecule is Cc1nn(-c2ccccc2)c(N2CCCCC2)c1C=NNc1ccc(Cl)nn1. The molecule has 0 radical (unpaired) electrons. The number of nitrogens with zero attached hydrogens (tertiary/aromatic N) is 6. The summed E-state index contributed by atoms with van der Waals surface area (Å²) >= 11 is 5.77. The fourth-order valence-electron chi connectivity index (χ4n) is 3.38. The predicted octanol–water partition coefficient (Wildman–Crippen LogP) is 4.06. The van der Waals surface area contributed by atoms with Gasteiger partial charge in [-0.25, -0.2) is 4.68 Å². The maximum absolute atomic E-state index is 5.77. The number of hydrazone groups is 1. The van der Waals surface area contributed by atoms with Crippen LogP contribution >= 0.6 is 11.6 Å². The molecule has 28 heavy (non-hydrogen) atoms. The number of hydrogen-bond donors (Lipinski definition) is 1. The van der Waals surface area contributed by atoms with Crippen LogP contribution in [0, 0.1) is 6.92 Å². The molecule has 0 aliphatic carbocycles. The van der Waals surface area contributed by atoms with Crippen molar-refractivity contribution in [2.24, 2.45) is 5.10 Å². The highest BCUT2D eigenvalue weighted by Crippen LogP contribution is 2.28. The van der Waals surface area contributed by atoms with Gasteiger partial charge in [-0.1, -0.05) is 29.8 Å². The van der Waals surface area contributed by atoms with Crippen LogP contribution in [-0.4, -0.2) is 39.3 Å². The topological polar surface area (TPSA) is 71.2 Å². The van der Waals surface area contributed by atoms with Crippen LogP contribution in [0.4, 0.5) is 11.6 Å². The van der Waals surface area contributed by atoms with Gasteiger partial charge in [-0.3, -0.25) is 5.43 Å². The van der Waals surface area contributed by atoms with E-state index in [0.29, 0.717) is 11.0 Å². The first-order valence-electron chi connectivity index (χ1n) is 9.40. The molecule has 3 aromatic rings. The van der Waals surface area contributed by atoms with E-state index in [9.17, 15) is 0 Å². The van der Waals surface area contributed by atoms with E-state index in [-0.39, 0.29) is 0 Å². The van der Waals surface area contributed by atoms with E-state index < -0.39 is 0 Å². The molecular weight excluding hydrogens is 374 g/mol. The molecule has 1 aromatic carbocycles. The highest BCUT2D eigenvalue weighted by Gasteiger charge is 2.22. The molecule has 7 nitrogen and oxygen atoms in total. The Morgan fingerprint density at radius 3 is 2.54 bits per heavy atom. The first kappa shape index (κ1) is 18.4. The second-order valence-corrected chi connectivity index (χ2v) is 7.12. The number of benzene rings is 1. The number of rotatable bonds is 5. The molecule has 1 aliphatic heterocycles. The molecule has 8 heteroatoms. The highest BCUT2D eigenvalue weighted by molar-refractivity contribution is 6.29. The Balaban J connectivity index is 1.68. The van der Waals surface area contributed by atoms with Crippen LogP contribution in [0.5, 0.6) is 0 Å². The zero-order valence-electron chi connectivity index (χ0n) is 15.7. The van der Waals surface area contributed by atoms with Crippen molar-refractivity contribution in [1.82, 2.24) is 20.0 Å². The molecule has 1 saturated heterocycles. The van der Waals surface area contributed by atoms with E-state index in [1.165, 1.54) is 19.3 Å². The van der Waals surface area contributed by atoms with Gasteiger partial charge >= 0.3 is 0 Å². The molecule has 144 valence electrons. The van der Waals surface area contributed by atoms with E-state index in [0.717, 1.165) is 35.9 Å². The number of hydrogen-bond acceptors (Lipinski definition) is 6. The van der Waals surface area contributed by atoms with Crippen molar-refractivity contribution in [3.05, 3.63) is 58.9 Å². The molecular formula is C20H22ClN7. The molecule has 1 fully saturated rings. The van der Waals surface area contributed by atoms with Crippen molar-refractivity contribution >= 4 is 29.5 Å². The first-order valence-corrected chi connectivity index (χ1v) is 9.78. The van der Waals surface area contributed by atoms with E-state index in [1.807, 2.05) is 36.0 Å². The molecule has 3 heterocycles. The Hall–Kier alpha value is -2.93. The van der Waals surface area contributed by atoms with E-state index in [4.69, 9.17) is 16.7 Å². The molecule has 0 atom stereocenters. The van der Waals surface area contributed by atoms with Gasteiger partial charge in [0.1, 0.15) is 5.82 Å².